The Morgan fingerprint density at radius 2 is 1.82 bits per heavy atom. The van der Waals surface area contributed by atoms with Gasteiger partial charge in [-0.1, -0.05) is 36.4 Å². The van der Waals surface area contributed by atoms with Gasteiger partial charge in [0.25, 0.3) is 5.91 Å². The van der Waals surface area contributed by atoms with Crippen molar-refractivity contribution in [2.45, 2.75) is 6.04 Å². The summed E-state index contributed by atoms with van der Waals surface area (Å²) in [6.45, 7) is 0.177. The summed E-state index contributed by atoms with van der Waals surface area (Å²) in [7, 11) is 3.12. The normalized spacial score (nSPS) is 12.0. The molecule has 1 unspecified atom stereocenters. The van der Waals surface area contributed by atoms with Gasteiger partial charge in [0.05, 0.1) is 6.04 Å². The molecular formula is C20H21ClN4O3. The second-order valence-electron chi connectivity index (χ2n) is 6.54. The molecule has 2 amide bonds. The molecular weight excluding hydrogens is 380 g/mol. The van der Waals surface area contributed by atoms with Gasteiger partial charge in [-0.2, -0.15) is 0 Å². The standard InChI is InChI=1S/C20H21ClN4O3/c1-24-12-17(25(2)20(24)28)19(27)23-16(11-22-18(26)10-21)15-8-7-13-5-3-4-6-14(13)9-15/h3-9,12,16H,10-11H2,1-2H3,(H,22,26)(H,23,27). The molecule has 3 rings (SSSR count). The third kappa shape index (κ3) is 4.09. The van der Waals surface area contributed by atoms with Crippen LogP contribution in [0.5, 0.6) is 0 Å². The summed E-state index contributed by atoms with van der Waals surface area (Å²) in [6.07, 6.45) is 1.48. The lowest BCUT2D eigenvalue weighted by Crippen LogP contribution is -2.39. The van der Waals surface area contributed by atoms with E-state index < -0.39 is 11.9 Å². The zero-order valence-electron chi connectivity index (χ0n) is 15.6. The molecule has 1 aromatic heterocycles. The molecule has 2 N–H and O–H groups in total. The van der Waals surface area contributed by atoms with Crippen LogP contribution in [-0.2, 0) is 18.9 Å². The Hall–Kier alpha value is -3.06. The number of fused-ring (bicyclic) bond motifs is 1. The van der Waals surface area contributed by atoms with Gasteiger partial charge < -0.3 is 15.2 Å². The number of hydrogen-bond acceptors (Lipinski definition) is 3. The van der Waals surface area contributed by atoms with Crippen LogP contribution in [0.1, 0.15) is 22.1 Å². The molecule has 0 spiro atoms. The van der Waals surface area contributed by atoms with Gasteiger partial charge in [-0.3, -0.25) is 14.2 Å². The number of rotatable bonds is 6. The van der Waals surface area contributed by atoms with Crippen LogP contribution in [0.4, 0.5) is 0 Å². The summed E-state index contributed by atoms with van der Waals surface area (Å²) in [4.78, 5) is 36.3. The van der Waals surface area contributed by atoms with E-state index in [0.29, 0.717) is 0 Å². The second-order valence-corrected chi connectivity index (χ2v) is 6.80. The van der Waals surface area contributed by atoms with E-state index in [9.17, 15) is 14.4 Å². The van der Waals surface area contributed by atoms with E-state index >= 15 is 0 Å². The van der Waals surface area contributed by atoms with Crippen LogP contribution in [0.3, 0.4) is 0 Å². The lowest BCUT2D eigenvalue weighted by molar-refractivity contribution is -0.118. The first-order valence-electron chi connectivity index (χ1n) is 8.75. The highest BCUT2D eigenvalue weighted by Crippen LogP contribution is 2.20. The molecule has 0 bridgehead atoms. The molecule has 0 aliphatic rings. The van der Waals surface area contributed by atoms with Gasteiger partial charge in [0.2, 0.25) is 5.91 Å². The Balaban J connectivity index is 1.91. The number of imidazole rings is 1. The average Bonchev–Trinajstić information content (AvgIpc) is 2.97. The number of carbonyl (C=O) groups excluding carboxylic acids is 2. The molecule has 0 aliphatic heterocycles. The molecule has 2 aromatic carbocycles. The number of amides is 2. The van der Waals surface area contributed by atoms with Gasteiger partial charge in [-0.25, -0.2) is 4.79 Å². The third-order valence-electron chi connectivity index (χ3n) is 4.60. The van der Waals surface area contributed by atoms with Gasteiger partial charge in [0.15, 0.2) is 0 Å². The van der Waals surface area contributed by atoms with Crippen LogP contribution in [0.15, 0.2) is 53.5 Å². The fourth-order valence-electron chi connectivity index (χ4n) is 3.05. The maximum atomic E-state index is 12.8. The maximum Gasteiger partial charge on any atom is 0.328 e. The topological polar surface area (TPSA) is 85.1 Å². The second kappa shape index (κ2) is 8.31. The largest absolute Gasteiger partial charge is 0.353 e. The van der Waals surface area contributed by atoms with Crippen LogP contribution in [0.2, 0.25) is 0 Å². The van der Waals surface area contributed by atoms with E-state index in [-0.39, 0.29) is 29.7 Å². The lowest BCUT2D eigenvalue weighted by atomic mass is 10.0. The summed E-state index contributed by atoms with van der Waals surface area (Å²) >= 11 is 5.56. The minimum absolute atomic E-state index is 0.161. The van der Waals surface area contributed by atoms with E-state index in [1.165, 1.54) is 22.4 Å². The van der Waals surface area contributed by atoms with E-state index in [4.69, 9.17) is 11.6 Å². The van der Waals surface area contributed by atoms with Gasteiger partial charge in [0, 0.05) is 26.8 Å². The van der Waals surface area contributed by atoms with E-state index in [0.717, 1.165) is 16.3 Å². The van der Waals surface area contributed by atoms with Crippen molar-refractivity contribution in [3.63, 3.8) is 0 Å². The summed E-state index contributed by atoms with van der Waals surface area (Å²) in [5.41, 5.74) is 0.785. The molecule has 0 radical (unpaired) electrons. The minimum Gasteiger partial charge on any atom is -0.353 e. The molecule has 0 aliphatic carbocycles. The fraction of sp³-hybridized carbons (Fsp3) is 0.250. The highest BCUT2D eigenvalue weighted by atomic mass is 35.5. The quantitative estimate of drug-likeness (QED) is 0.617. The van der Waals surface area contributed by atoms with Gasteiger partial charge >= 0.3 is 5.69 Å². The first-order chi connectivity index (χ1) is 13.4. The number of aromatic nitrogens is 2. The number of carbonyl (C=O) groups is 2. The molecule has 3 aromatic rings. The molecule has 0 saturated heterocycles. The summed E-state index contributed by atoms with van der Waals surface area (Å²) < 4.78 is 2.62. The number of nitrogens with zero attached hydrogens (tertiary/aromatic N) is 2. The van der Waals surface area contributed by atoms with Crippen LogP contribution < -0.4 is 16.3 Å². The molecule has 1 heterocycles. The van der Waals surface area contributed by atoms with Crippen molar-refractivity contribution in [1.29, 1.82) is 0 Å². The molecule has 8 heteroatoms. The Morgan fingerprint density at radius 1 is 1.11 bits per heavy atom. The van der Waals surface area contributed by atoms with Crippen LogP contribution in [0, 0.1) is 0 Å². The fourth-order valence-corrected chi connectivity index (χ4v) is 3.14. The van der Waals surface area contributed by atoms with Crippen molar-refractivity contribution < 1.29 is 9.59 Å². The van der Waals surface area contributed by atoms with Crippen molar-refractivity contribution in [3.8, 4) is 0 Å². The number of halogens is 1. The monoisotopic (exact) mass is 400 g/mol. The summed E-state index contributed by atoms with van der Waals surface area (Å²) in [5.74, 6) is -0.890. The number of benzene rings is 2. The minimum atomic E-state index is -0.486. The molecule has 28 heavy (non-hydrogen) atoms. The Kier molecular flexibility index (Phi) is 5.84. The number of aryl methyl sites for hydroxylation is 1. The van der Waals surface area contributed by atoms with Crippen LogP contribution in [0.25, 0.3) is 10.8 Å². The number of hydrogen-bond donors (Lipinski definition) is 2. The first kappa shape index (κ1) is 19.7. The first-order valence-corrected chi connectivity index (χ1v) is 9.28. The molecule has 146 valence electrons. The zero-order valence-corrected chi connectivity index (χ0v) is 16.4. The summed E-state index contributed by atoms with van der Waals surface area (Å²) in [6, 6.07) is 13.2. The molecule has 1 atom stereocenters. The van der Waals surface area contributed by atoms with Crippen molar-refractivity contribution in [2.24, 2.45) is 14.1 Å². The predicted octanol–water partition coefficient (Wildman–Crippen LogP) is 1.70. The van der Waals surface area contributed by atoms with Crippen molar-refractivity contribution in [3.05, 3.63) is 70.4 Å². The average molecular weight is 401 g/mol. The van der Waals surface area contributed by atoms with E-state index in [1.54, 1.807) is 7.05 Å². The van der Waals surface area contributed by atoms with Crippen molar-refractivity contribution >= 4 is 34.2 Å². The van der Waals surface area contributed by atoms with E-state index in [2.05, 4.69) is 10.6 Å². The molecule has 7 nitrogen and oxygen atoms in total. The Morgan fingerprint density at radius 3 is 2.46 bits per heavy atom. The molecule has 0 fully saturated rings. The van der Waals surface area contributed by atoms with Crippen LogP contribution in [-0.4, -0.2) is 33.4 Å². The van der Waals surface area contributed by atoms with Gasteiger partial charge in [-0.05, 0) is 22.4 Å². The maximum absolute atomic E-state index is 12.8. The predicted molar refractivity (Wildman–Crippen MR) is 109 cm³/mol. The van der Waals surface area contributed by atoms with Crippen LogP contribution >= 0.6 is 11.6 Å². The Bertz CT molecular complexity index is 1090. The smallest absolute Gasteiger partial charge is 0.328 e. The highest BCUT2D eigenvalue weighted by molar-refractivity contribution is 6.27. The van der Waals surface area contributed by atoms with Crippen molar-refractivity contribution in [1.82, 2.24) is 19.8 Å². The third-order valence-corrected chi connectivity index (χ3v) is 4.85. The lowest BCUT2D eigenvalue weighted by Gasteiger charge is -2.20. The summed E-state index contributed by atoms with van der Waals surface area (Å²) in [5, 5.41) is 7.71. The van der Waals surface area contributed by atoms with Gasteiger partial charge in [-0.15, -0.1) is 11.6 Å². The molecule has 0 saturated carbocycles. The number of nitrogens with one attached hydrogen (secondary N) is 2. The van der Waals surface area contributed by atoms with Gasteiger partial charge in [0.1, 0.15) is 11.6 Å². The number of alkyl halides is 1. The van der Waals surface area contributed by atoms with Crippen molar-refractivity contribution in [2.75, 3.05) is 12.4 Å². The highest BCUT2D eigenvalue weighted by Gasteiger charge is 2.20. The Labute approximate surface area is 166 Å². The zero-order chi connectivity index (χ0) is 20.3. The van der Waals surface area contributed by atoms with E-state index in [1.807, 2.05) is 42.5 Å². The SMILES string of the molecule is Cn1cc(C(=O)NC(CNC(=O)CCl)c2ccc3ccccc3c2)n(C)c1=O.